The number of ketones is 1. The van der Waals surface area contributed by atoms with Gasteiger partial charge < -0.3 is 41.0 Å². The van der Waals surface area contributed by atoms with Crippen LogP contribution >= 0.6 is 0 Å². The van der Waals surface area contributed by atoms with Gasteiger partial charge in [0, 0.05) is 36.3 Å². The molecule has 39 heavy (non-hydrogen) atoms. The molecule has 0 aromatic heterocycles. The first-order valence-electron chi connectivity index (χ1n) is 12.5. The van der Waals surface area contributed by atoms with Crippen LogP contribution in [0.5, 0.6) is 5.75 Å². The fourth-order valence-electron chi connectivity index (χ4n) is 7.13. The van der Waals surface area contributed by atoms with Crippen molar-refractivity contribution in [1.82, 2.24) is 4.90 Å². The van der Waals surface area contributed by atoms with Gasteiger partial charge in [0.2, 0.25) is 5.79 Å². The number of hydrogen-bond donors (Lipinski definition) is 6. The number of rotatable bonds is 5. The van der Waals surface area contributed by atoms with Crippen LogP contribution in [0.2, 0.25) is 0 Å². The first-order valence-corrected chi connectivity index (χ1v) is 12.5. The SMILES string of the molecule is CO/N=C(\C)c1cc(N(C)C)c2c(c1O)C(O)=C1C(=O)C3C(O)(O)C(C(N)=O)=C(O)[C@@H](N(C)C)C3(C)CC1C2. The number of allylic oxidation sites excluding steroid dienone is 1. The molecule has 0 saturated heterocycles. The van der Waals surface area contributed by atoms with Crippen LogP contribution in [0, 0.1) is 17.3 Å². The average molecular weight is 545 g/mol. The van der Waals surface area contributed by atoms with Gasteiger partial charge in [-0.3, -0.25) is 14.5 Å². The third-order valence-electron chi connectivity index (χ3n) is 8.38. The first-order chi connectivity index (χ1) is 18.0. The van der Waals surface area contributed by atoms with E-state index in [4.69, 9.17) is 10.6 Å². The second-order valence-electron chi connectivity index (χ2n) is 11.3. The molecule has 0 bridgehead atoms. The number of oxime groups is 1. The summed E-state index contributed by atoms with van der Waals surface area (Å²) in [6, 6.07) is 0.770. The number of likely N-dealkylation sites (N-methyl/N-ethyl adjacent to an activating group) is 1. The lowest BCUT2D eigenvalue weighted by Gasteiger charge is -2.57. The molecule has 4 atom stereocenters. The topological polar surface area (TPSA) is 189 Å². The summed E-state index contributed by atoms with van der Waals surface area (Å²) in [7, 11) is 8.26. The lowest BCUT2D eigenvalue weighted by molar-refractivity contribution is -0.221. The van der Waals surface area contributed by atoms with E-state index in [1.165, 1.54) is 7.11 Å². The zero-order chi connectivity index (χ0) is 29.4. The molecule has 3 aliphatic rings. The Morgan fingerprint density at radius 2 is 1.79 bits per heavy atom. The molecule has 0 radical (unpaired) electrons. The highest BCUT2D eigenvalue weighted by molar-refractivity contribution is 6.10. The lowest BCUT2D eigenvalue weighted by Crippen LogP contribution is -2.67. The molecule has 1 aromatic carbocycles. The highest BCUT2D eigenvalue weighted by atomic mass is 16.6. The van der Waals surface area contributed by atoms with E-state index in [0.717, 1.165) is 0 Å². The largest absolute Gasteiger partial charge is 0.510 e. The van der Waals surface area contributed by atoms with Crippen molar-refractivity contribution in [2.24, 2.45) is 28.1 Å². The minimum Gasteiger partial charge on any atom is -0.510 e. The van der Waals surface area contributed by atoms with Crippen molar-refractivity contribution in [2.45, 2.75) is 38.5 Å². The number of carbonyl (C=O) groups is 2. The van der Waals surface area contributed by atoms with Crippen molar-refractivity contribution in [2.75, 3.05) is 40.2 Å². The first kappa shape index (κ1) is 28.4. The van der Waals surface area contributed by atoms with Crippen molar-refractivity contribution in [3.05, 3.63) is 39.7 Å². The Morgan fingerprint density at radius 3 is 2.31 bits per heavy atom. The fraction of sp³-hybridized carbons (Fsp3) is 0.519. The van der Waals surface area contributed by atoms with Crippen LogP contribution in [0.3, 0.4) is 0 Å². The van der Waals surface area contributed by atoms with Crippen LogP contribution in [-0.2, 0) is 20.8 Å². The smallest absolute Gasteiger partial charge is 0.253 e. The van der Waals surface area contributed by atoms with Crippen molar-refractivity contribution in [3.63, 3.8) is 0 Å². The second kappa shape index (κ2) is 9.25. The van der Waals surface area contributed by atoms with Crippen molar-refractivity contribution in [1.29, 1.82) is 0 Å². The number of phenols is 1. The number of benzene rings is 1. The summed E-state index contributed by atoms with van der Waals surface area (Å²) in [5.41, 5.74) is 5.15. The van der Waals surface area contributed by atoms with E-state index in [2.05, 4.69) is 5.16 Å². The van der Waals surface area contributed by atoms with Gasteiger partial charge in [0.15, 0.2) is 5.78 Å². The summed E-state index contributed by atoms with van der Waals surface area (Å²) in [6.45, 7) is 3.27. The number of nitrogens with two attached hydrogens (primary N) is 1. The van der Waals surface area contributed by atoms with E-state index in [-0.39, 0.29) is 35.3 Å². The summed E-state index contributed by atoms with van der Waals surface area (Å²) in [5.74, 6) is -8.83. The number of Topliss-reactive ketones (excluding diaryl/α,β-unsaturated/α-hetero) is 1. The molecule has 0 heterocycles. The zero-order valence-corrected chi connectivity index (χ0v) is 23.1. The molecule has 4 rings (SSSR count). The van der Waals surface area contributed by atoms with E-state index in [9.17, 15) is 35.1 Å². The Morgan fingerprint density at radius 1 is 1.18 bits per heavy atom. The fourth-order valence-corrected chi connectivity index (χ4v) is 7.13. The summed E-state index contributed by atoms with van der Waals surface area (Å²) < 4.78 is 0. The van der Waals surface area contributed by atoms with E-state index >= 15 is 0 Å². The number of anilines is 1. The van der Waals surface area contributed by atoms with Gasteiger partial charge in [0.1, 0.15) is 30.0 Å². The summed E-state index contributed by atoms with van der Waals surface area (Å²) in [4.78, 5) is 34.7. The minimum absolute atomic E-state index is 0.0417. The molecule has 12 heteroatoms. The quantitative estimate of drug-likeness (QED) is 0.176. The lowest BCUT2D eigenvalue weighted by atomic mass is 9.50. The van der Waals surface area contributed by atoms with Crippen LogP contribution in [-0.4, -0.2) is 95.0 Å². The number of aliphatic hydroxyl groups is 4. The molecule has 0 spiro atoms. The normalized spacial score (nSPS) is 28.2. The molecular weight excluding hydrogens is 508 g/mol. The highest BCUT2D eigenvalue weighted by Gasteiger charge is 2.67. The molecule has 1 aromatic rings. The number of fused-ring (bicyclic) bond motifs is 3. The van der Waals surface area contributed by atoms with Crippen molar-refractivity contribution < 1.29 is 40.0 Å². The number of hydrogen-bond acceptors (Lipinski definition) is 11. The maximum atomic E-state index is 14.2. The van der Waals surface area contributed by atoms with E-state index in [1.807, 2.05) is 19.0 Å². The maximum Gasteiger partial charge on any atom is 0.253 e. The Labute approximate surface area is 226 Å². The second-order valence-corrected chi connectivity index (χ2v) is 11.3. The molecule has 1 fully saturated rings. The van der Waals surface area contributed by atoms with Crippen LogP contribution < -0.4 is 10.6 Å². The van der Waals surface area contributed by atoms with Gasteiger partial charge >= 0.3 is 0 Å². The van der Waals surface area contributed by atoms with Gasteiger partial charge in [-0.1, -0.05) is 12.1 Å². The van der Waals surface area contributed by atoms with Crippen LogP contribution in [0.15, 0.2) is 28.1 Å². The molecular formula is C27H36N4O8. The van der Waals surface area contributed by atoms with Gasteiger partial charge in [-0.25, -0.2) is 0 Å². The Balaban J connectivity index is 2.03. The predicted octanol–water partition coefficient (Wildman–Crippen LogP) is 0.787. The molecule has 3 unspecified atom stereocenters. The summed E-state index contributed by atoms with van der Waals surface area (Å²) in [5, 5.41) is 60.3. The predicted molar refractivity (Wildman–Crippen MR) is 143 cm³/mol. The van der Waals surface area contributed by atoms with Crippen molar-refractivity contribution >= 4 is 28.8 Å². The number of carbonyl (C=O) groups excluding carboxylic acids is 2. The number of nitrogens with zero attached hydrogens (tertiary/aromatic N) is 3. The monoisotopic (exact) mass is 544 g/mol. The molecule has 212 valence electrons. The Hall–Kier alpha value is -3.61. The molecule has 7 N–H and O–H groups in total. The molecule has 1 saturated carbocycles. The molecule has 12 nitrogen and oxygen atoms in total. The zero-order valence-electron chi connectivity index (χ0n) is 23.1. The van der Waals surface area contributed by atoms with Crippen LogP contribution in [0.25, 0.3) is 5.76 Å². The third-order valence-corrected chi connectivity index (χ3v) is 8.38. The summed E-state index contributed by atoms with van der Waals surface area (Å²) in [6.07, 6.45) is 0.380. The summed E-state index contributed by atoms with van der Waals surface area (Å²) >= 11 is 0. The van der Waals surface area contributed by atoms with Crippen LogP contribution in [0.4, 0.5) is 5.69 Å². The van der Waals surface area contributed by atoms with Crippen molar-refractivity contribution in [3.8, 4) is 5.75 Å². The number of phenolic OH excluding ortho intramolecular Hbond substituents is 1. The van der Waals surface area contributed by atoms with Gasteiger partial charge in [0.25, 0.3) is 5.91 Å². The number of amides is 1. The van der Waals surface area contributed by atoms with E-state index in [0.29, 0.717) is 17.0 Å². The Bertz CT molecular complexity index is 1360. The number of primary amides is 1. The maximum absolute atomic E-state index is 14.2. The van der Waals surface area contributed by atoms with Gasteiger partial charge in [-0.2, -0.15) is 0 Å². The van der Waals surface area contributed by atoms with E-state index < -0.39 is 57.9 Å². The van der Waals surface area contributed by atoms with Gasteiger partial charge in [-0.15, -0.1) is 0 Å². The van der Waals surface area contributed by atoms with Gasteiger partial charge in [0.05, 0.1) is 23.2 Å². The Kier molecular flexibility index (Phi) is 6.73. The minimum atomic E-state index is -3.10. The standard InChI is InChI=1S/C27H36N4O8/c1-11(29-39-7)13-9-15(30(3)4)14-8-12-10-26(2)23(21(34)16(12)20(33)17(14)19(13)32)27(37,38)18(25(28)36)22(35)24(26)31(5)6/h9,12,23-24,32-33,35,37-38H,8,10H2,1-7H3,(H2,28,36)/b29-11+/t12?,23?,24-,26?/m1/s1. The van der Waals surface area contributed by atoms with Crippen LogP contribution in [0.1, 0.15) is 37.0 Å². The highest BCUT2D eigenvalue weighted by Crippen LogP contribution is 2.60. The number of aliphatic hydroxyl groups excluding tert-OH is 2. The van der Waals surface area contributed by atoms with Gasteiger partial charge in [-0.05, 0) is 51.4 Å². The van der Waals surface area contributed by atoms with E-state index in [1.54, 1.807) is 38.9 Å². The number of aromatic hydroxyl groups is 1. The molecule has 1 amide bonds. The molecule has 0 aliphatic heterocycles. The third kappa shape index (κ3) is 3.88. The average Bonchev–Trinajstić information content (AvgIpc) is 2.76. The molecule has 3 aliphatic carbocycles.